The number of carbonyl (C=O) groups is 1. The fourth-order valence-electron chi connectivity index (χ4n) is 6.15. The van der Waals surface area contributed by atoms with Crippen LogP contribution in [0.3, 0.4) is 0 Å². The van der Waals surface area contributed by atoms with Gasteiger partial charge in [-0.1, -0.05) is 49.0 Å². The van der Waals surface area contributed by atoms with Gasteiger partial charge in [0, 0.05) is 36.6 Å². The molecule has 2 aliphatic carbocycles. The number of hydrogen-bond acceptors (Lipinski definition) is 5. The number of carbonyl (C=O) groups excluding carboxylic acids is 1. The molecule has 1 aromatic carbocycles. The van der Waals surface area contributed by atoms with Crippen LogP contribution < -0.4 is 4.74 Å². The fraction of sp³-hybridized carbons (Fsp3) is 0.500. The van der Waals surface area contributed by atoms with Gasteiger partial charge in [0.25, 0.3) is 5.91 Å². The smallest absolute Gasteiger partial charge is 0.266 e. The van der Waals surface area contributed by atoms with E-state index in [0.717, 1.165) is 65.6 Å². The average molecular weight is 511 g/mol. The van der Waals surface area contributed by atoms with E-state index in [1.165, 1.54) is 36.6 Å². The first-order chi connectivity index (χ1) is 17.0. The van der Waals surface area contributed by atoms with Gasteiger partial charge in [-0.3, -0.25) is 9.69 Å². The number of benzene rings is 1. The van der Waals surface area contributed by atoms with Crippen LogP contribution in [0.4, 0.5) is 0 Å². The predicted octanol–water partition coefficient (Wildman–Crippen LogP) is 5.80. The minimum atomic E-state index is 0.0768. The number of aliphatic hydroxyl groups is 1. The summed E-state index contributed by atoms with van der Waals surface area (Å²) in [7, 11) is 3.74. The minimum absolute atomic E-state index is 0.0768. The Morgan fingerprint density at radius 2 is 2.06 bits per heavy atom. The Bertz CT molecular complexity index is 1160. The van der Waals surface area contributed by atoms with Crippen LogP contribution in [0, 0.1) is 11.8 Å². The standard InChI is InChI=1S/C28H34N2O3S2/c1-29-23(19-8-6-9-22(15-19)33-2)16-20(7-4-3-5-12-31)24(29)17-26-27(32)30(28(34)35-26)25-14-18-10-11-21(25)13-18/h6,8-9,15-18,21,25,31H,3-5,7,10-14H2,1-2H3. The highest BCUT2D eigenvalue weighted by Gasteiger charge is 2.48. The van der Waals surface area contributed by atoms with Crippen molar-refractivity contribution in [3.63, 3.8) is 0 Å². The molecule has 3 atom stereocenters. The number of aromatic nitrogens is 1. The summed E-state index contributed by atoms with van der Waals surface area (Å²) in [6.45, 7) is 0.224. The molecule has 5 nitrogen and oxygen atoms in total. The van der Waals surface area contributed by atoms with Crippen LogP contribution in [-0.2, 0) is 18.3 Å². The molecule has 2 heterocycles. The molecule has 1 N–H and O–H groups in total. The first kappa shape index (κ1) is 24.6. The molecule has 35 heavy (non-hydrogen) atoms. The highest BCUT2D eigenvalue weighted by Crippen LogP contribution is 2.49. The molecule has 186 valence electrons. The second-order valence-electron chi connectivity index (χ2n) is 10.1. The van der Waals surface area contributed by atoms with Gasteiger partial charge >= 0.3 is 0 Å². The topological polar surface area (TPSA) is 54.7 Å². The maximum absolute atomic E-state index is 13.6. The van der Waals surface area contributed by atoms with Crippen molar-refractivity contribution in [1.82, 2.24) is 9.47 Å². The molecule has 5 rings (SSSR count). The molecule has 3 unspecified atom stereocenters. The van der Waals surface area contributed by atoms with Crippen molar-refractivity contribution in [2.24, 2.45) is 18.9 Å². The fourth-order valence-corrected chi connectivity index (χ4v) is 7.50. The summed E-state index contributed by atoms with van der Waals surface area (Å²) in [5.74, 6) is 2.27. The van der Waals surface area contributed by atoms with E-state index in [9.17, 15) is 9.90 Å². The monoisotopic (exact) mass is 510 g/mol. The van der Waals surface area contributed by atoms with E-state index in [-0.39, 0.29) is 18.6 Å². The van der Waals surface area contributed by atoms with E-state index >= 15 is 0 Å². The summed E-state index contributed by atoms with van der Waals surface area (Å²) in [5, 5.41) is 9.18. The van der Waals surface area contributed by atoms with Crippen molar-refractivity contribution in [2.45, 2.75) is 57.4 Å². The summed E-state index contributed by atoms with van der Waals surface area (Å²) in [6.07, 6.45) is 10.6. The lowest BCUT2D eigenvalue weighted by Gasteiger charge is -2.30. The zero-order valence-corrected chi connectivity index (χ0v) is 22.2. The van der Waals surface area contributed by atoms with E-state index in [4.69, 9.17) is 17.0 Å². The van der Waals surface area contributed by atoms with E-state index in [0.29, 0.717) is 10.2 Å². The molecule has 0 radical (unpaired) electrons. The van der Waals surface area contributed by atoms with Gasteiger partial charge in [-0.2, -0.15) is 0 Å². The summed E-state index contributed by atoms with van der Waals surface area (Å²) >= 11 is 7.17. The molecule has 2 saturated carbocycles. The van der Waals surface area contributed by atoms with Crippen LogP contribution in [0.2, 0.25) is 0 Å². The molecule has 0 spiro atoms. The molecule has 2 aromatic rings. The normalized spacial score (nSPS) is 24.8. The lowest BCUT2D eigenvalue weighted by Crippen LogP contribution is -2.41. The third kappa shape index (κ3) is 4.83. The van der Waals surface area contributed by atoms with Gasteiger partial charge < -0.3 is 14.4 Å². The van der Waals surface area contributed by atoms with Crippen molar-refractivity contribution < 1.29 is 14.6 Å². The van der Waals surface area contributed by atoms with E-state index in [1.807, 2.05) is 23.1 Å². The van der Waals surface area contributed by atoms with Gasteiger partial charge in [0.1, 0.15) is 10.1 Å². The van der Waals surface area contributed by atoms with Crippen LogP contribution in [0.25, 0.3) is 17.3 Å². The molecule has 1 aliphatic heterocycles. The zero-order chi connectivity index (χ0) is 24.5. The number of unbranched alkanes of at least 4 members (excludes halogenated alkanes) is 2. The molecular weight excluding hydrogens is 476 g/mol. The molecule has 3 fully saturated rings. The van der Waals surface area contributed by atoms with Gasteiger partial charge in [0.05, 0.1) is 12.0 Å². The number of hydrogen-bond donors (Lipinski definition) is 1. The maximum Gasteiger partial charge on any atom is 0.266 e. The summed E-state index contributed by atoms with van der Waals surface area (Å²) in [4.78, 5) is 16.2. The first-order valence-corrected chi connectivity index (χ1v) is 13.9. The number of ether oxygens (including phenoxy) is 1. The second kappa shape index (κ2) is 10.5. The van der Waals surface area contributed by atoms with Crippen LogP contribution in [-0.4, -0.2) is 44.6 Å². The summed E-state index contributed by atoms with van der Waals surface area (Å²) in [6, 6.07) is 10.6. The van der Waals surface area contributed by atoms with Gasteiger partial charge in [0.15, 0.2) is 0 Å². The van der Waals surface area contributed by atoms with Gasteiger partial charge in [-0.15, -0.1) is 0 Å². The zero-order valence-electron chi connectivity index (χ0n) is 20.5. The van der Waals surface area contributed by atoms with Crippen molar-refractivity contribution in [1.29, 1.82) is 0 Å². The lowest BCUT2D eigenvalue weighted by atomic mass is 9.94. The number of aliphatic hydroxyl groups excluding tert-OH is 1. The highest BCUT2D eigenvalue weighted by molar-refractivity contribution is 8.26. The number of rotatable bonds is 9. The molecule has 1 amide bonds. The highest BCUT2D eigenvalue weighted by atomic mass is 32.2. The van der Waals surface area contributed by atoms with E-state index in [2.05, 4.69) is 29.8 Å². The third-order valence-corrected chi connectivity index (χ3v) is 9.29. The summed E-state index contributed by atoms with van der Waals surface area (Å²) in [5.41, 5.74) is 4.45. The van der Waals surface area contributed by atoms with Crippen LogP contribution in [0.15, 0.2) is 35.2 Å². The molecule has 3 aliphatic rings. The van der Waals surface area contributed by atoms with Crippen LogP contribution in [0.1, 0.15) is 56.2 Å². The number of amides is 1. The van der Waals surface area contributed by atoms with Crippen molar-refractivity contribution in [3.05, 3.63) is 46.5 Å². The van der Waals surface area contributed by atoms with Crippen LogP contribution >= 0.6 is 24.0 Å². The van der Waals surface area contributed by atoms with Crippen molar-refractivity contribution in [2.75, 3.05) is 13.7 Å². The van der Waals surface area contributed by atoms with Gasteiger partial charge in [-0.25, -0.2) is 0 Å². The molecule has 1 aromatic heterocycles. The number of thiocarbonyl (C=S) groups is 1. The number of methoxy groups -OCH3 is 1. The Balaban J connectivity index is 1.47. The second-order valence-corrected chi connectivity index (χ2v) is 11.7. The molecular formula is C28H34N2O3S2. The van der Waals surface area contributed by atoms with Gasteiger partial charge in [-0.05, 0) is 80.2 Å². The van der Waals surface area contributed by atoms with E-state index < -0.39 is 0 Å². The van der Waals surface area contributed by atoms with Crippen LogP contribution in [0.5, 0.6) is 5.75 Å². The van der Waals surface area contributed by atoms with Gasteiger partial charge in [0.2, 0.25) is 0 Å². The average Bonchev–Trinajstić information content (AvgIpc) is 3.62. The maximum atomic E-state index is 13.6. The van der Waals surface area contributed by atoms with E-state index in [1.54, 1.807) is 7.11 Å². The Labute approximate surface area is 217 Å². The molecule has 2 bridgehead atoms. The summed E-state index contributed by atoms with van der Waals surface area (Å²) < 4.78 is 8.34. The number of nitrogens with zero attached hydrogens (tertiary/aromatic N) is 2. The SMILES string of the molecule is COc1cccc(-c2cc(CCCCCO)c(C=C3SC(=S)N(C4CC5CCC4C5)C3=O)n2C)c1. The number of aryl methyl sites for hydroxylation is 1. The molecule has 1 saturated heterocycles. The lowest BCUT2D eigenvalue weighted by molar-refractivity contribution is -0.124. The Hall–Kier alpha value is -2.09. The first-order valence-electron chi connectivity index (χ1n) is 12.7. The number of fused-ring (bicyclic) bond motifs is 2. The van der Waals surface area contributed by atoms with Crippen molar-refractivity contribution >= 4 is 40.3 Å². The Kier molecular flexibility index (Phi) is 7.37. The number of thioether (sulfide) groups is 1. The Morgan fingerprint density at radius 1 is 1.20 bits per heavy atom. The minimum Gasteiger partial charge on any atom is -0.497 e. The Morgan fingerprint density at radius 3 is 2.77 bits per heavy atom. The molecule has 7 heteroatoms. The van der Waals surface area contributed by atoms with Crippen molar-refractivity contribution in [3.8, 4) is 17.0 Å². The predicted molar refractivity (Wildman–Crippen MR) is 146 cm³/mol. The quantitative estimate of drug-likeness (QED) is 0.263. The largest absolute Gasteiger partial charge is 0.497 e. The third-order valence-electron chi connectivity index (χ3n) is 7.96.